The van der Waals surface area contributed by atoms with E-state index in [9.17, 15) is 0 Å². The molecule has 0 N–H and O–H groups in total. The van der Waals surface area contributed by atoms with Crippen LogP contribution in [-0.4, -0.2) is 14.1 Å². The van der Waals surface area contributed by atoms with Crippen molar-refractivity contribution in [2.75, 3.05) is 0 Å². The molecule has 13 aromatic rings. The van der Waals surface area contributed by atoms with E-state index < -0.39 is 0 Å². The average Bonchev–Trinajstić information content (AvgIpc) is 4.00. The summed E-state index contributed by atoms with van der Waals surface area (Å²) in [5.41, 5.74) is 12.1. The molecule has 60 heavy (non-hydrogen) atoms. The van der Waals surface area contributed by atoms with Crippen LogP contribution in [0.2, 0.25) is 0 Å². The molecule has 4 aromatic heterocycles. The lowest BCUT2D eigenvalue weighted by Crippen LogP contribution is -2.16. The largest absolute Gasteiger partial charge is 0.309 e. The van der Waals surface area contributed by atoms with Gasteiger partial charge in [0.1, 0.15) is 5.65 Å². The predicted octanol–water partition coefficient (Wildman–Crippen LogP) is 15.4. The minimum atomic E-state index is -0.270. The van der Waals surface area contributed by atoms with Gasteiger partial charge in [-0.2, -0.15) is 0 Å². The maximum atomic E-state index is 5.14. The molecular formula is C56H35N3S. The first-order chi connectivity index (χ1) is 29.5. The molecule has 4 heterocycles. The molecule has 1 aliphatic rings. The van der Waals surface area contributed by atoms with Gasteiger partial charge in [-0.15, -0.1) is 11.3 Å². The zero-order chi connectivity index (χ0) is 39.4. The van der Waals surface area contributed by atoms with E-state index in [2.05, 4.69) is 193 Å². The molecule has 0 unspecified atom stereocenters. The van der Waals surface area contributed by atoms with Crippen LogP contribution in [-0.2, 0) is 5.41 Å². The number of fused-ring (bicyclic) bond motifs is 20. The molecular weight excluding hydrogens is 747 g/mol. The number of para-hydroxylation sites is 2. The number of thiophene rings is 1. The quantitative estimate of drug-likeness (QED) is 0.160. The van der Waals surface area contributed by atoms with E-state index in [0.29, 0.717) is 0 Å². The third kappa shape index (κ3) is 4.06. The lowest BCUT2D eigenvalue weighted by atomic mass is 9.80. The highest BCUT2D eigenvalue weighted by molar-refractivity contribution is 7.25. The number of rotatable bonds is 2. The van der Waals surface area contributed by atoms with Gasteiger partial charge in [-0.05, 0) is 115 Å². The van der Waals surface area contributed by atoms with Crippen LogP contribution in [0.1, 0.15) is 25.0 Å². The Morgan fingerprint density at radius 3 is 1.65 bits per heavy atom. The van der Waals surface area contributed by atoms with E-state index in [1.807, 2.05) is 17.5 Å². The van der Waals surface area contributed by atoms with Gasteiger partial charge in [0.15, 0.2) is 0 Å². The van der Waals surface area contributed by atoms with Crippen LogP contribution >= 0.6 is 11.3 Å². The number of benzene rings is 9. The van der Waals surface area contributed by atoms with Crippen molar-refractivity contribution in [2.45, 2.75) is 19.3 Å². The second kappa shape index (κ2) is 11.5. The predicted molar refractivity (Wildman–Crippen MR) is 256 cm³/mol. The first-order valence-corrected chi connectivity index (χ1v) is 21.6. The molecule has 0 spiro atoms. The van der Waals surface area contributed by atoms with Crippen molar-refractivity contribution in [1.82, 2.24) is 14.1 Å². The fourth-order valence-corrected chi connectivity index (χ4v) is 12.3. The summed E-state index contributed by atoms with van der Waals surface area (Å²) in [6.45, 7) is 4.85. The van der Waals surface area contributed by atoms with Gasteiger partial charge < -0.3 is 4.57 Å². The van der Waals surface area contributed by atoms with Gasteiger partial charge >= 0.3 is 0 Å². The first-order valence-electron chi connectivity index (χ1n) is 20.8. The summed E-state index contributed by atoms with van der Waals surface area (Å²) < 4.78 is 7.46. The van der Waals surface area contributed by atoms with Crippen molar-refractivity contribution in [3.05, 3.63) is 187 Å². The summed E-state index contributed by atoms with van der Waals surface area (Å²) in [6.07, 6.45) is 1.94. The van der Waals surface area contributed by atoms with Crippen LogP contribution in [0.4, 0.5) is 0 Å². The van der Waals surface area contributed by atoms with Crippen molar-refractivity contribution in [3.8, 4) is 22.5 Å². The number of hydrogen-bond donors (Lipinski definition) is 0. The van der Waals surface area contributed by atoms with Crippen LogP contribution in [0.15, 0.2) is 176 Å². The van der Waals surface area contributed by atoms with Gasteiger partial charge in [0.05, 0.1) is 16.6 Å². The molecule has 0 bridgehead atoms. The van der Waals surface area contributed by atoms with E-state index in [4.69, 9.17) is 4.98 Å². The fourth-order valence-electron chi connectivity index (χ4n) is 11.2. The highest BCUT2D eigenvalue weighted by Gasteiger charge is 2.40. The number of nitrogens with zero attached hydrogens (tertiary/aromatic N) is 3. The van der Waals surface area contributed by atoms with Crippen molar-refractivity contribution >= 4 is 108 Å². The lowest BCUT2D eigenvalue weighted by molar-refractivity contribution is 0.664. The van der Waals surface area contributed by atoms with Crippen LogP contribution in [0.3, 0.4) is 0 Å². The molecule has 3 nitrogen and oxygen atoms in total. The monoisotopic (exact) mass is 781 g/mol. The average molecular weight is 782 g/mol. The van der Waals surface area contributed by atoms with Crippen molar-refractivity contribution in [1.29, 1.82) is 0 Å². The van der Waals surface area contributed by atoms with Crippen LogP contribution in [0, 0.1) is 0 Å². The summed E-state index contributed by atoms with van der Waals surface area (Å²) in [5, 5.41) is 15.4. The Morgan fingerprint density at radius 2 is 0.983 bits per heavy atom. The van der Waals surface area contributed by atoms with Gasteiger partial charge in [0.2, 0.25) is 0 Å². The Morgan fingerprint density at radius 1 is 0.450 bits per heavy atom. The summed E-state index contributed by atoms with van der Waals surface area (Å²) in [7, 11) is 0. The van der Waals surface area contributed by atoms with Gasteiger partial charge in [-0.3, -0.25) is 4.57 Å². The molecule has 0 atom stereocenters. The Kier molecular flexibility index (Phi) is 6.24. The van der Waals surface area contributed by atoms with Crippen molar-refractivity contribution in [3.63, 3.8) is 0 Å². The second-order valence-electron chi connectivity index (χ2n) is 17.1. The van der Waals surface area contributed by atoms with Crippen LogP contribution in [0.5, 0.6) is 0 Å². The van der Waals surface area contributed by atoms with Crippen molar-refractivity contribution in [2.24, 2.45) is 0 Å². The summed E-state index contributed by atoms with van der Waals surface area (Å²) >= 11 is 1.87. The highest BCUT2D eigenvalue weighted by Crippen LogP contribution is 2.56. The zero-order valence-corrected chi connectivity index (χ0v) is 33.8. The molecule has 1 aliphatic carbocycles. The standard InChI is InChI=1S/C56H35N3S/c1-56(2)46-26-25-40-36-14-4-3-12-34(36)35-13-5-6-17-39(35)51(40)52(46)43-24-23-41-42-18-11-29-57-55(42)59(54(41)53(43)56)33-22-28-50-45(31-33)44-30-32(21-27-49(44)60-50)58-47-19-9-7-15-37(47)38-16-8-10-20-48(38)58/h3-31H,1-2H3. The normalized spacial score (nSPS) is 13.6. The van der Waals surface area contributed by atoms with Crippen LogP contribution < -0.4 is 0 Å². The van der Waals surface area contributed by atoms with E-state index in [0.717, 1.165) is 11.3 Å². The Labute approximate surface area is 349 Å². The Hall–Kier alpha value is -7.27. The van der Waals surface area contributed by atoms with Gasteiger partial charge in [0, 0.05) is 64.7 Å². The minimum absolute atomic E-state index is 0.270. The Bertz CT molecular complexity index is 3960. The molecule has 280 valence electrons. The molecule has 0 saturated carbocycles. The third-order valence-electron chi connectivity index (χ3n) is 13.7. The fraction of sp³-hybridized carbons (Fsp3) is 0.0536. The SMILES string of the molecule is CC1(C)c2ccc3c4ccccc4c4ccccc4c3c2-c2ccc3c4cccnc4n(-c4ccc5sc6ccc(-n7c8ccccc8c8ccccc87)cc6c5c4)c3c21. The maximum Gasteiger partial charge on any atom is 0.145 e. The van der Waals surface area contributed by atoms with Crippen molar-refractivity contribution < 1.29 is 0 Å². The number of aromatic nitrogens is 3. The topological polar surface area (TPSA) is 22.8 Å². The van der Waals surface area contributed by atoms with Gasteiger partial charge in [-0.1, -0.05) is 123 Å². The van der Waals surface area contributed by atoms with Gasteiger partial charge in [0.25, 0.3) is 0 Å². The number of pyridine rings is 1. The molecule has 14 rings (SSSR count). The van der Waals surface area contributed by atoms with E-state index in [1.165, 1.54) is 119 Å². The van der Waals surface area contributed by atoms with Crippen LogP contribution in [0.25, 0.3) is 119 Å². The minimum Gasteiger partial charge on any atom is -0.309 e. The molecule has 0 radical (unpaired) electrons. The molecule has 0 aliphatic heterocycles. The highest BCUT2D eigenvalue weighted by atomic mass is 32.1. The van der Waals surface area contributed by atoms with E-state index in [1.54, 1.807) is 0 Å². The molecule has 0 fully saturated rings. The van der Waals surface area contributed by atoms with E-state index >= 15 is 0 Å². The van der Waals surface area contributed by atoms with Gasteiger partial charge in [-0.25, -0.2) is 4.98 Å². The Balaban J connectivity index is 1.05. The maximum absolute atomic E-state index is 5.14. The lowest BCUT2D eigenvalue weighted by Gasteiger charge is -2.24. The molecule has 0 amide bonds. The second-order valence-corrected chi connectivity index (χ2v) is 18.1. The van der Waals surface area contributed by atoms with E-state index in [-0.39, 0.29) is 5.41 Å². The third-order valence-corrected chi connectivity index (χ3v) is 14.9. The summed E-state index contributed by atoms with van der Waals surface area (Å²) in [4.78, 5) is 5.14. The molecule has 4 heteroatoms. The first kappa shape index (κ1) is 32.7. The smallest absolute Gasteiger partial charge is 0.145 e. The molecule has 0 saturated heterocycles. The summed E-state index contributed by atoms with van der Waals surface area (Å²) in [5.74, 6) is 0. The summed E-state index contributed by atoms with van der Waals surface area (Å²) in [6, 6.07) is 63.3. The zero-order valence-electron chi connectivity index (χ0n) is 33.0. The number of hydrogen-bond acceptors (Lipinski definition) is 2. The molecule has 9 aromatic carbocycles.